The molecule has 25 heavy (non-hydrogen) atoms. The Morgan fingerprint density at radius 1 is 0.960 bits per heavy atom. The summed E-state index contributed by atoms with van der Waals surface area (Å²) in [6.45, 7) is 3.17. The minimum absolute atomic E-state index is 0.776. The highest BCUT2D eigenvalue weighted by Gasteiger charge is 2.48. The maximum Gasteiger partial charge on any atom is 0.160 e. The smallest absolute Gasteiger partial charge is 0.160 e. The second kappa shape index (κ2) is 7.01. The molecule has 136 valence electrons. The van der Waals surface area contributed by atoms with Crippen molar-refractivity contribution < 1.29 is 9.47 Å². The molecule has 3 heteroatoms. The summed E-state index contributed by atoms with van der Waals surface area (Å²) in [5.41, 5.74) is 2.69. The van der Waals surface area contributed by atoms with E-state index in [1.807, 2.05) is 6.07 Å². The van der Waals surface area contributed by atoms with Crippen molar-refractivity contribution in [2.24, 2.45) is 34.6 Å². The second-order valence-corrected chi connectivity index (χ2v) is 8.42. The van der Waals surface area contributed by atoms with Crippen molar-refractivity contribution in [2.45, 2.75) is 45.4 Å². The van der Waals surface area contributed by atoms with Crippen molar-refractivity contribution in [3.63, 3.8) is 0 Å². The zero-order valence-electron chi connectivity index (χ0n) is 15.8. The highest BCUT2D eigenvalue weighted by atomic mass is 16.5. The van der Waals surface area contributed by atoms with Crippen molar-refractivity contribution in [3.05, 3.63) is 23.8 Å². The van der Waals surface area contributed by atoms with Crippen LogP contribution in [-0.4, -0.2) is 26.5 Å². The van der Waals surface area contributed by atoms with Gasteiger partial charge in [0.05, 0.1) is 14.2 Å². The van der Waals surface area contributed by atoms with Gasteiger partial charge in [-0.15, -0.1) is 0 Å². The van der Waals surface area contributed by atoms with Gasteiger partial charge < -0.3 is 9.47 Å². The van der Waals surface area contributed by atoms with E-state index in [9.17, 15) is 0 Å². The summed E-state index contributed by atoms with van der Waals surface area (Å²) in [7, 11) is 3.37. The average molecular weight is 341 g/mol. The third-order valence-corrected chi connectivity index (χ3v) is 6.92. The zero-order chi connectivity index (χ0) is 17.4. The first-order valence-electron chi connectivity index (χ1n) is 9.89. The van der Waals surface area contributed by atoms with Crippen LogP contribution in [0.25, 0.3) is 0 Å². The number of aliphatic imine (C=N–C) groups is 1. The fraction of sp³-hybridized carbons (Fsp3) is 0.682. The van der Waals surface area contributed by atoms with Crippen LogP contribution in [0, 0.1) is 29.6 Å². The molecule has 1 aromatic rings. The van der Waals surface area contributed by atoms with Crippen LogP contribution in [0.3, 0.4) is 0 Å². The molecule has 4 aliphatic carbocycles. The molecule has 0 radical (unpaired) electrons. The van der Waals surface area contributed by atoms with Gasteiger partial charge in [0.1, 0.15) is 0 Å². The number of hydrogen-bond donors (Lipinski definition) is 0. The molecular weight excluding hydrogens is 310 g/mol. The lowest BCUT2D eigenvalue weighted by molar-refractivity contribution is -0.00849. The van der Waals surface area contributed by atoms with Gasteiger partial charge >= 0.3 is 0 Å². The first-order valence-corrected chi connectivity index (χ1v) is 9.89. The van der Waals surface area contributed by atoms with Gasteiger partial charge in [0.15, 0.2) is 11.5 Å². The molecule has 0 aliphatic heterocycles. The first-order chi connectivity index (χ1) is 12.2. The largest absolute Gasteiger partial charge is 0.493 e. The molecule has 0 aromatic heterocycles. The van der Waals surface area contributed by atoms with E-state index in [4.69, 9.17) is 14.5 Å². The van der Waals surface area contributed by atoms with Crippen LogP contribution < -0.4 is 9.47 Å². The predicted octanol–water partition coefficient (Wildman–Crippen LogP) is 4.78. The number of hydrogen-bond acceptors (Lipinski definition) is 3. The lowest BCUT2D eigenvalue weighted by Gasteiger charge is -2.54. The maximum atomic E-state index is 5.40. The molecule has 0 unspecified atom stereocenters. The van der Waals surface area contributed by atoms with E-state index in [1.165, 1.54) is 43.4 Å². The Labute approximate surface area is 151 Å². The molecule has 0 saturated heterocycles. The summed E-state index contributed by atoms with van der Waals surface area (Å²) in [6.07, 6.45) is 8.38. The Hall–Kier alpha value is -1.51. The third kappa shape index (κ3) is 3.30. The summed E-state index contributed by atoms with van der Waals surface area (Å²) in [5.74, 6) is 6.32. The Kier molecular flexibility index (Phi) is 4.75. The molecule has 4 fully saturated rings. The fourth-order valence-corrected chi connectivity index (χ4v) is 6.11. The first kappa shape index (κ1) is 16.9. The molecule has 0 N–H and O–H groups in total. The molecule has 0 atom stereocenters. The normalized spacial score (nSPS) is 33.6. The highest BCUT2D eigenvalue weighted by Crippen LogP contribution is 2.56. The summed E-state index contributed by atoms with van der Waals surface area (Å²) in [4.78, 5) is 5.01. The number of benzene rings is 1. The monoisotopic (exact) mass is 341 g/mol. The van der Waals surface area contributed by atoms with E-state index in [0.717, 1.165) is 54.1 Å². The van der Waals surface area contributed by atoms with E-state index in [2.05, 4.69) is 19.1 Å². The molecule has 0 heterocycles. The van der Waals surface area contributed by atoms with E-state index in [1.54, 1.807) is 14.2 Å². The quantitative estimate of drug-likeness (QED) is 0.697. The Morgan fingerprint density at radius 3 is 2.20 bits per heavy atom. The topological polar surface area (TPSA) is 30.8 Å². The van der Waals surface area contributed by atoms with E-state index >= 15 is 0 Å². The van der Waals surface area contributed by atoms with Crippen LogP contribution in [0.1, 0.15) is 44.6 Å². The van der Waals surface area contributed by atoms with Crippen LogP contribution in [-0.2, 0) is 6.42 Å². The lowest BCUT2D eigenvalue weighted by Crippen LogP contribution is -2.47. The van der Waals surface area contributed by atoms with Gasteiger partial charge in [-0.25, -0.2) is 0 Å². The van der Waals surface area contributed by atoms with Crippen LogP contribution >= 0.6 is 0 Å². The fourth-order valence-electron chi connectivity index (χ4n) is 6.11. The van der Waals surface area contributed by atoms with Gasteiger partial charge in [-0.3, -0.25) is 4.99 Å². The average Bonchev–Trinajstić information content (AvgIpc) is 2.60. The molecule has 4 aliphatic rings. The van der Waals surface area contributed by atoms with E-state index < -0.39 is 0 Å². The minimum atomic E-state index is 0.776. The second-order valence-electron chi connectivity index (χ2n) is 8.42. The van der Waals surface area contributed by atoms with E-state index in [-0.39, 0.29) is 0 Å². The summed E-state index contributed by atoms with van der Waals surface area (Å²) in [5, 5.41) is 0. The van der Waals surface area contributed by atoms with Gasteiger partial charge in [-0.2, -0.15) is 0 Å². The Balaban J connectivity index is 1.39. The van der Waals surface area contributed by atoms with Gasteiger partial charge in [0.25, 0.3) is 0 Å². The van der Waals surface area contributed by atoms with Gasteiger partial charge in [0, 0.05) is 18.2 Å². The molecule has 4 bridgehead atoms. The lowest BCUT2D eigenvalue weighted by atomic mass is 9.51. The molecular formula is C22H31NO2. The van der Waals surface area contributed by atoms with Gasteiger partial charge in [-0.1, -0.05) is 6.07 Å². The predicted molar refractivity (Wildman–Crippen MR) is 102 cm³/mol. The molecule has 0 amide bonds. The molecule has 1 aromatic carbocycles. The van der Waals surface area contributed by atoms with Crippen molar-refractivity contribution in [2.75, 3.05) is 20.8 Å². The standard InChI is InChI=1S/C22H31NO2/c1-14(22-18-9-16-8-17(11-18)12-19(22)10-16)23-7-6-15-4-5-20(24-2)21(13-15)25-3/h4-5,13,16-19,22H,6-12H2,1-3H3. The van der Waals surface area contributed by atoms with Crippen molar-refractivity contribution in [1.82, 2.24) is 0 Å². The van der Waals surface area contributed by atoms with Crippen LogP contribution in [0.5, 0.6) is 11.5 Å². The molecule has 4 saturated carbocycles. The maximum absolute atomic E-state index is 5.40. The van der Waals surface area contributed by atoms with Crippen LogP contribution in [0.15, 0.2) is 23.2 Å². The zero-order valence-corrected chi connectivity index (χ0v) is 15.8. The van der Waals surface area contributed by atoms with Crippen LogP contribution in [0.2, 0.25) is 0 Å². The molecule has 3 nitrogen and oxygen atoms in total. The van der Waals surface area contributed by atoms with E-state index in [0.29, 0.717) is 0 Å². The Bertz CT molecular complexity index is 623. The number of rotatable bonds is 6. The summed E-state index contributed by atoms with van der Waals surface area (Å²) < 4.78 is 10.7. The SMILES string of the molecule is COc1ccc(CCN=C(C)C2C3CC4CC(C3)CC2C4)cc1OC. The summed E-state index contributed by atoms with van der Waals surface area (Å²) in [6, 6.07) is 6.18. The number of ether oxygens (including phenoxy) is 2. The van der Waals surface area contributed by atoms with Gasteiger partial charge in [-0.05, 0) is 86.8 Å². The Morgan fingerprint density at radius 2 is 1.60 bits per heavy atom. The molecule has 0 spiro atoms. The third-order valence-electron chi connectivity index (χ3n) is 6.92. The van der Waals surface area contributed by atoms with Crippen LogP contribution in [0.4, 0.5) is 0 Å². The summed E-state index contributed by atoms with van der Waals surface area (Å²) >= 11 is 0. The van der Waals surface area contributed by atoms with Crippen molar-refractivity contribution in [1.29, 1.82) is 0 Å². The highest BCUT2D eigenvalue weighted by molar-refractivity contribution is 5.85. The number of nitrogens with zero attached hydrogens (tertiary/aromatic N) is 1. The van der Waals surface area contributed by atoms with Crippen molar-refractivity contribution in [3.8, 4) is 11.5 Å². The molecule has 5 rings (SSSR count). The van der Waals surface area contributed by atoms with Gasteiger partial charge in [0.2, 0.25) is 0 Å². The minimum Gasteiger partial charge on any atom is -0.493 e. The van der Waals surface area contributed by atoms with Crippen molar-refractivity contribution >= 4 is 5.71 Å². The number of methoxy groups -OCH3 is 2.